The Morgan fingerprint density at radius 2 is 2.00 bits per heavy atom. The molecule has 100 valence electrons. The van der Waals surface area contributed by atoms with Crippen LogP contribution in [0.15, 0.2) is 29.2 Å². The van der Waals surface area contributed by atoms with Gasteiger partial charge in [0.1, 0.15) is 5.82 Å². The Balaban J connectivity index is 1.79. The van der Waals surface area contributed by atoms with E-state index in [2.05, 4.69) is 39.2 Å². The number of hydrogen-bond acceptors (Lipinski definition) is 6. The van der Waals surface area contributed by atoms with Gasteiger partial charge in [0.25, 0.3) is 0 Å². The van der Waals surface area contributed by atoms with E-state index in [9.17, 15) is 0 Å². The molecule has 0 aliphatic carbocycles. The highest BCUT2D eigenvalue weighted by atomic mass is 16.5. The summed E-state index contributed by atoms with van der Waals surface area (Å²) >= 11 is 0. The molecule has 1 fully saturated rings. The van der Waals surface area contributed by atoms with Crippen LogP contribution >= 0.6 is 0 Å². The molecule has 6 heteroatoms. The molecule has 0 bridgehead atoms. The van der Waals surface area contributed by atoms with Crippen LogP contribution in [0.25, 0.3) is 11.4 Å². The van der Waals surface area contributed by atoms with Crippen molar-refractivity contribution in [2.24, 2.45) is 0 Å². The van der Waals surface area contributed by atoms with E-state index >= 15 is 0 Å². The van der Waals surface area contributed by atoms with E-state index < -0.39 is 0 Å². The van der Waals surface area contributed by atoms with Crippen molar-refractivity contribution < 1.29 is 4.52 Å². The van der Waals surface area contributed by atoms with Gasteiger partial charge in [0.05, 0.1) is 0 Å². The lowest BCUT2D eigenvalue weighted by Gasteiger charge is -2.36. The number of pyridine rings is 1. The molecular formula is C13H17N5O. The van der Waals surface area contributed by atoms with Gasteiger partial charge in [-0.1, -0.05) is 5.16 Å². The summed E-state index contributed by atoms with van der Waals surface area (Å²) in [6.07, 6.45) is 3.11. The first-order chi connectivity index (χ1) is 9.22. The van der Waals surface area contributed by atoms with E-state index in [-0.39, 0.29) is 0 Å². The number of aromatic nitrogens is 3. The Hall–Kier alpha value is -1.95. The normalized spacial score (nSPS) is 23.6. The van der Waals surface area contributed by atoms with Crippen LogP contribution in [0.4, 0.5) is 5.82 Å². The summed E-state index contributed by atoms with van der Waals surface area (Å²) < 4.78 is 4.74. The Kier molecular flexibility index (Phi) is 3.16. The molecule has 3 rings (SSSR count). The molecule has 0 unspecified atom stereocenters. The van der Waals surface area contributed by atoms with Crippen molar-refractivity contribution in [3.63, 3.8) is 0 Å². The zero-order valence-electron chi connectivity index (χ0n) is 11.1. The van der Waals surface area contributed by atoms with Crippen LogP contribution in [-0.4, -0.2) is 40.3 Å². The summed E-state index contributed by atoms with van der Waals surface area (Å²) in [7, 11) is 0. The monoisotopic (exact) mass is 259 g/mol. The molecule has 3 heterocycles. The molecule has 6 nitrogen and oxygen atoms in total. The minimum Gasteiger partial charge on any atom is -0.354 e. The van der Waals surface area contributed by atoms with Gasteiger partial charge in [-0.05, 0) is 26.0 Å². The number of anilines is 1. The molecule has 2 aromatic rings. The standard InChI is InChI=1S/C13H17N5O/c1-9-6-18(7-10(2)16-9)12-4-3-11(5-14-12)13-15-8-19-17-13/h3-5,8-10,16H,6-7H2,1-2H3/t9-,10+. The SMILES string of the molecule is C[C@@H]1CN(c2ccc(-c3ncon3)cn2)C[C@H](C)N1. The van der Waals surface area contributed by atoms with E-state index in [0.717, 1.165) is 24.5 Å². The van der Waals surface area contributed by atoms with Crippen molar-refractivity contribution in [3.05, 3.63) is 24.7 Å². The molecule has 0 saturated carbocycles. The first-order valence-corrected chi connectivity index (χ1v) is 6.46. The highest BCUT2D eigenvalue weighted by Gasteiger charge is 2.21. The van der Waals surface area contributed by atoms with Gasteiger partial charge < -0.3 is 14.7 Å². The zero-order valence-corrected chi connectivity index (χ0v) is 11.1. The average molecular weight is 259 g/mol. The second kappa shape index (κ2) is 4.97. The third kappa shape index (κ3) is 2.58. The third-order valence-corrected chi connectivity index (χ3v) is 3.25. The minimum atomic E-state index is 0.474. The van der Waals surface area contributed by atoms with Crippen molar-refractivity contribution in [1.29, 1.82) is 0 Å². The fraction of sp³-hybridized carbons (Fsp3) is 0.462. The van der Waals surface area contributed by atoms with Crippen LogP contribution in [0.5, 0.6) is 0 Å². The van der Waals surface area contributed by atoms with Gasteiger partial charge in [0.15, 0.2) is 0 Å². The Morgan fingerprint density at radius 1 is 1.21 bits per heavy atom. The van der Waals surface area contributed by atoms with Crippen molar-refractivity contribution in [1.82, 2.24) is 20.4 Å². The largest absolute Gasteiger partial charge is 0.354 e. The summed E-state index contributed by atoms with van der Waals surface area (Å²) in [5.41, 5.74) is 0.869. The second-order valence-electron chi connectivity index (χ2n) is 5.03. The van der Waals surface area contributed by atoms with Crippen LogP contribution in [0.1, 0.15) is 13.8 Å². The predicted octanol–water partition coefficient (Wildman–Crippen LogP) is 1.32. The van der Waals surface area contributed by atoms with E-state index in [1.807, 2.05) is 12.1 Å². The van der Waals surface area contributed by atoms with Gasteiger partial charge in [0.2, 0.25) is 12.2 Å². The van der Waals surface area contributed by atoms with Crippen LogP contribution in [0, 0.1) is 0 Å². The Labute approximate surface area is 111 Å². The maximum absolute atomic E-state index is 4.74. The maximum Gasteiger partial charge on any atom is 0.214 e. The second-order valence-corrected chi connectivity index (χ2v) is 5.03. The van der Waals surface area contributed by atoms with E-state index in [0.29, 0.717) is 17.9 Å². The van der Waals surface area contributed by atoms with Gasteiger partial charge in [-0.25, -0.2) is 4.98 Å². The molecule has 0 radical (unpaired) electrons. The van der Waals surface area contributed by atoms with E-state index in [1.165, 1.54) is 6.39 Å². The van der Waals surface area contributed by atoms with Crippen LogP contribution < -0.4 is 10.2 Å². The summed E-state index contributed by atoms with van der Waals surface area (Å²) in [6.45, 7) is 6.32. The lowest BCUT2D eigenvalue weighted by atomic mass is 10.1. The highest BCUT2D eigenvalue weighted by Crippen LogP contribution is 2.19. The molecule has 0 amide bonds. The van der Waals surface area contributed by atoms with Gasteiger partial charge in [-0.3, -0.25) is 0 Å². The Bertz CT molecular complexity index is 514. The quantitative estimate of drug-likeness (QED) is 0.877. The fourth-order valence-electron chi connectivity index (χ4n) is 2.52. The van der Waals surface area contributed by atoms with E-state index in [4.69, 9.17) is 4.52 Å². The maximum atomic E-state index is 4.74. The lowest BCUT2D eigenvalue weighted by Crippen LogP contribution is -2.54. The number of hydrogen-bond donors (Lipinski definition) is 1. The number of piperazine rings is 1. The van der Waals surface area contributed by atoms with Gasteiger partial charge in [-0.15, -0.1) is 0 Å². The number of rotatable bonds is 2. The first kappa shape index (κ1) is 12.1. The number of nitrogens with zero attached hydrogens (tertiary/aromatic N) is 4. The van der Waals surface area contributed by atoms with Crippen molar-refractivity contribution in [2.45, 2.75) is 25.9 Å². The molecule has 1 saturated heterocycles. The van der Waals surface area contributed by atoms with Gasteiger partial charge in [0, 0.05) is 36.9 Å². The highest BCUT2D eigenvalue weighted by molar-refractivity contribution is 5.55. The fourth-order valence-corrected chi connectivity index (χ4v) is 2.52. The minimum absolute atomic E-state index is 0.474. The van der Waals surface area contributed by atoms with Crippen LogP contribution in [-0.2, 0) is 0 Å². The van der Waals surface area contributed by atoms with Crippen molar-refractivity contribution in [2.75, 3.05) is 18.0 Å². The summed E-state index contributed by atoms with van der Waals surface area (Å²) in [4.78, 5) is 10.8. The molecule has 1 N–H and O–H groups in total. The first-order valence-electron chi connectivity index (χ1n) is 6.46. The summed E-state index contributed by atoms with van der Waals surface area (Å²) in [6, 6.07) is 4.94. The van der Waals surface area contributed by atoms with Crippen molar-refractivity contribution >= 4 is 5.82 Å². The summed E-state index contributed by atoms with van der Waals surface area (Å²) in [5.74, 6) is 1.56. The topological polar surface area (TPSA) is 67.1 Å². The predicted molar refractivity (Wildman–Crippen MR) is 71.8 cm³/mol. The van der Waals surface area contributed by atoms with Gasteiger partial charge in [-0.2, -0.15) is 4.98 Å². The molecule has 0 aromatic carbocycles. The summed E-state index contributed by atoms with van der Waals surface area (Å²) in [5, 5.41) is 7.31. The van der Waals surface area contributed by atoms with Crippen LogP contribution in [0.3, 0.4) is 0 Å². The molecule has 1 aliphatic rings. The molecule has 0 spiro atoms. The smallest absolute Gasteiger partial charge is 0.214 e. The molecular weight excluding hydrogens is 242 g/mol. The van der Waals surface area contributed by atoms with Crippen molar-refractivity contribution in [3.8, 4) is 11.4 Å². The lowest BCUT2D eigenvalue weighted by molar-refractivity contribution is 0.405. The Morgan fingerprint density at radius 3 is 2.58 bits per heavy atom. The molecule has 2 atom stereocenters. The van der Waals surface area contributed by atoms with E-state index in [1.54, 1.807) is 6.20 Å². The molecule has 2 aromatic heterocycles. The molecule has 19 heavy (non-hydrogen) atoms. The average Bonchev–Trinajstić information content (AvgIpc) is 2.91. The van der Waals surface area contributed by atoms with Gasteiger partial charge >= 0.3 is 0 Å². The van der Waals surface area contributed by atoms with Crippen LogP contribution in [0.2, 0.25) is 0 Å². The third-order valence-electron chi connectivity index (χ3n) is 3.25. The molecule has 1 aliphatic heterocycles. The zero-order chi connectivity index (χ0) is 13.2. The number of nitrogens with one attached hydrogen (secondary N) is 1.